The highest BCUT2D eigenvalue weighted by molar-refractivity contribution is 5.94. The van der Waals surface area contributed by atoms with Gasteiger partial charge in [-0.3, -0.25) is 10.1 Å². The number of aromatic carboxylic acids is 1. The normalized spacial score (nSPS) is 18.6. The van der Waals surface area contributed by atoms with Gasteiger partial charge in [-0.25, -0.2) is 9.78 Å². The summed E-state index contributed by atoms with van der Waals surface area (Å²) in [6, 6.07) is 1.31. The molecule has 7 heteroatoms. The Labute approximate surface area is 116 Å². The van der Waals surface area contributed by atoms with Crippen molar-refractivity contribution >= 4 is 17.5 Å². The third kappa shape index (κ3) is 2.56. The van der Waals surface area contributed by atoms with E-state index in [0.29, 0.717) is 11.7 Å². The summed E-state index contributed by atoms with van der Waals surface area (Å²) in [4.78, 5) is 27.4. The number of hydrogen-bond acceptors (Lipinski definition) is 5. The van der Waals surface area contributed by atoms with E-state index in [-0.39, 0.29) is 17.3 Å². The number of anilines is 1. The monoisotopic (exact) mass is 279 g/mol. The molecule has 0 bridgehead atoms. The lowest BCUT2D eigenvalue weighted by Gasteiger charge is -2.29. The SMILES string of the molecule is CC(C)C1CCCN1c1ncc([N+](=O)[O-])cc1C(=O)O. The van der Waals surface area contributed by atoms with Crippen molar-refractivity contribution in [3.05, 3.63) is 27.9 Å². The van der Waals surface area contributed by atoms with E-state index in [2.05, 4.69) is 18.8 Å². The number of aromatic nitrogens is 1. The summed E-state index contributed by atoms with van der Waals surface area (Å²) in [5.74, 6) is -0.485. The average Bonchev–Trinajstić information content (AvgIpc) is 2.86. The molecule has 1 N–H and O–H groups in total. The summed E-state index contributed by atoms with van der Waals surface area (Å²) in [6.45, 7) is 4.89. The highest BCUT2D eigenvalue weighted by Gasteiger charge is 2.31. The Balaban J connectivity index is 2.45. The molecule has 0 saturated carbocycles. The number of pyridine rings is 1. The minimum Gasteiger partial charge on any atom is -0.478 e. The molecule has 1 unspecified atom stereocenters. The molecule has 1 aromatic heterocycles. The Bertz CT molecular complexity index is 544. The van der Waals surface area contributed by atoms with Gasteiger partial charge in [0.1, 0.15) is 17.6 Å². The van der Waals surface area contributed by atoms with Crippen LogP contribution in [-0.2, 0) is 0 Å². The van der Waals surface area contributed by atoms with Gasteiger partial charge in [0.15, 0.2) is 0 Å². The summed E-state index contributed by atoms with van der Waals surface area (Å²) < 4.78 is 0. The molecular weight excluding hydrogens is 262 g/mol. The van der Waals surface area contributed by atoms with Crippen LogP contribution >= 0.6 is 0 Å². The molecule has 1 aromatic rings. The molecule has 7 nitrogen and oxygen atoms in total. The molecule has 0 aliphatic carbocycles. The molecule has 1 saturated heterocycles. The second-order valence-electron chi connectivity index (χ2n) is 5.27. The van der Waals surface area contributed by atoms with Crippen LogP contribution in [0.5, 0.6) is 0 Å². The van der Waals surface area contributed by atoms with Crippen molar-refractivity contribution < 1.29 is 14.8 Å². The largest absolute Gasteiger partial charge is 0.478 e. The molecule has 0 amide bonds. The molecule has 2 heterocycles. The third-order valence-electron chi connectivity index (χ3n) is 3.63. The predicted octanol–water partition coefficient (Wildman–Crippen LogP) is 2.31. The Hall–Kier alpha value is -2.18. The number of carboxylic acids is 1. The second kappa shape index (κ2) is 5.44. The zero-order chi connectivity index (χ0) is 14.9. The van der Waals surface area contributed by atoms with Crippen LogP contribution in [0.2, 0.25) is 0 Å². The first-order valence-corrected chi connectivity index (χ1v) is 6.56. The second-order valence-corrected chi connectivity index (χ2v) is 5.27. The van der Waals surface area contributed by atoms with Crippen molar-refractivity contribution in [2.24, 2.45) is 5.92 Å². The molecule has 108 valence electrons. The van der Waals surface area contributed by atoms with Crippen molar-refractivity contribution in [1.82, 2.24) is 4.98 Å². The van der Waals surface area contributed by atoms with Crippen molar-refractivity contribution in [3.8, 4) is 0 Å². The summed E-state index contributed by atoms with van der Waals surface area (Å²) >= 11 is 0. The van der Waals surface area contributed by atoms with E-state index >= 15 is 0 Å². The van der Waals surface area contributed by atoms with Gasteiger partial charge in [0, 0.05) is 18.7 Å². The maximum atomic E-state index is 11.3. The minimum atomic E-state index is -1.19. The lowest BCUT2D eigenvalue weighted by atomic mass is 10.0. The molecule has 2 rings (SSSR count). The Kier molecular flexibility index (Phi) is 3.87. The summed E-state index contributed by atoms with van der Waals surface area (Å²) in [5, 5.41) is 20.0. The van der Waals surface area contributed by atoms with Crippen LogP contribution in [-0.4, -0.2) is 33.6 Å². The molecular formula is C13H17N3O4. The first kappa shape index (κ1) is 14.2. The number of rotatable bonds is 4. The van der Waals surface area contributed by atoms with Crippen LogP contribution < -0.4 is 4.90 Å². The molecule has 1 aliphatic heterocycles. The average molecular weight is 279 g/mol. The number of nitro groups is 1. The van der Waals surface area contributed by atoms with Crippen LogP contribution in [0.4, 0.5) is 11.5 Å². The van der Waals surface area contributed by atoms with E-state index in [0.717, 1.165) is 31.6 Å². The smallest absolute Gasteiger partial charge is 0.339 e. The van der Waals surface area contributed by atoms with Crippen molar-refractivity contribution in [1.29, 1.82) is 0 Å². The first-order valence-electron chi connectivity index (χ1n) is 6.56. The maximum absolute atomic E-state index is 11.3. The Morgan fingerprint density at radius 2 is 2.30 bits per heavy atom. The molecule has 0 aromatic carbocycles. The number of carboxylic acid groups (broad SMARTS) is 1. The van der Waals surface area contributed by atoms with Crippen molar-refractivity contribution in [3.63, 3.8) is 0 Å². The van der Waals surface area contributed by atoms with E-state index in [4.69, 9.17) is 0 Å². The zero-order valence-corrected chi connectivity index (χ0v) is 11.4. The van der Waals surface area contributed by atoms with Gasteiger partial charge in [0.05, 0.1) is 4.92 Å². The molecule has 20 heavy (non-hydrogen) atoms. The van der Waals surface area contributed by atoms with Gasteiger partial charge >= 0.3 is 5.97 Å². The minimum absolute atomic E-state index is 0.105. The fourth-order valence-corrected chi connectivity index (χ4v) is 2.68. The van der Waals surface area contributed by atoms with Crippen LogP contribution in [0.25, 0.3) is 0 Å². The van der Waals surface area contributed by atoms with Crippen LogP contribution in [0.3, 0.4) is 0 Å². The van der Waals surface area contributed by atoms with Gasteiger partial charge in [-0.1, -0.05) is 13.8 Å². The summed E-state index contributed by atoms with van der Waals surface area (Å²) in [7, 11) is 0. The lowest BCUT2D eigenvalue weighted by molar-refractivity contribution is -0.385. The summed E-state index contributed by atoms with van der Waals surface area (Å²) in [5.41, 5.74) is -0.404. The zero-order valence-electron chi connectivity index (χ0n) is 11.4. The van der Waals surface area contributed by atoms with E-state index in [9.17, 15) is 20.0 Å². The molecule has 0 radical (unpaired) electrons. The van der Waals surface area contributed by atoms with Gasteiger partial charge in [0.25, 0.3) is 5.69 Å². The lowest BCUT2D eigenvalue weighted by Crippen LogP contribution is -2.35. The topological polar surface area (TPSA) is 96.6 Å². The van der Waals surface area contributed by atoms with E-state index in [1.165, 1.54) is 0 Å². The predicted molar refractivity (Wildman–Crippen MR) is 73.1 cm³/mol. The molecule has 1 atom stereocenters. The highest BCUT2D eigenvalue weighted by atomic mass is 16.6. The number of carbonyl (C=O) groups is 1. The van der Waals surface area contributed by atoms with Crippen LogP contribution in [0.1, 0.15) is 37.0 Å². The standard InChI is InChI=1S/C13H17N3O4/c1-8(2)11-4-3-5-15(11)12-10(13(17)18)6-9(7-14-12)16(19)20/h6-8,11H,3-5H2,1-2H3,(H,17,18). The van der Waals surface area contributed by atoms with Gasteiger partial charge in [-0.05, 0) is 18.8 Å². The highest BCUT2D eigenvalue weighted by Crippen LogP contribution is 2.32. The Morgan fingerprint density at radius 1 is 1.60 bits per heavy atom. The van der Waals surface area contributed by atoms with E-state index < -0.39 is 10.9 Å². The quantitative estimate of drug-likeness (QED) is 0.671. The fourth-order valence-electron chi connectivity index (χ4n) is 2.68. The molecule has 1 aliphatic rings. The maximum Gasteiger partial charge on any atom is 0.339 e. The number of hydrogen-bond donors (Lipinski definition) is 1. The van der Waals surface area contributed by atoms with E-state index in [1.807, 2.05) is 4.90 Å². The van der Waals surface area contributed by atoms with Crippen LogP contribution in [0.15, 0.2) is 12.3 Å². The molecule has 1 fully saturated rings. The van der Waals surface area contributed by atoms with Gasteiger partial charge < -0.3 is 10.0 Å². The third-order valence-corrected chi connectivity index (χ3v) is 3.63. The van der Waals surface area contributed by atoms with Crippen molar-refractivity contribution in [2.75, 3.05) is 11.4 Å². The van der Waals surface area contributed by atoms with Gasteiger partial charge in [0.2, 0.25) is 0 Å². The van der Waals surface area contributed by atoms with Gasteiger partial charge in [-0.15, -0.1) is 0 Å². The molecule has 0 spiro atoms. The van der Waals surface area contributed by atoms with Crippen molar-refractivity contribution in [2.45, 2.75) is 32.7 Å². The summed E-state index contributed by atoms with van der Waals surface area (Å²) in [6.07, 6.45) is 3.08. The van der Waals surface area contributed by atoms with Crippen LogP contribution in [0, 0.1) is 16.0 Å². The fraction of sp³-hybridized carbons (Fsp3) is 0.538. The first-order chi connectivity index (χ1) is 9.41. The van der Waals surface area contributed by atoms with Gasteiger partial charge in [-0.2, -0.15) is 0 Å². The van der Waals surface area contributed by atoms with E-state index in [1.54, 1.807) is 0 Å². The Morgan fingerprint density at radius 3 is 2.85 bits per heavy atom. The number of nitrogens with zero attached hydrogens (tertiary/aromatic N) is 3.